The van der Waals surface area contributed by atoms with Crippen molar-refractivity contribution in [1.82, 2.24) is 0 Å². The zero-order valence-corrected chi connectivity index (χ0v) is 6.73. The fourth-order valence-electron chi connectivity index (χ4n) is 1.15. The van der Waals surface area contributed by atoms with Crippen LogP contribution in [0.5, 0.6) is 0 Å². The molecule has 1 fully saturated rings. The lowest BCUT2D eigenvalue weighted by molar-refractivity contribution is 0.480. The van der Waals surface area contributed by atoms with E-state index in [0.717, 1.165) is 12.2 Å². The van der Waals surface area contributed by atoms with Gasteiger partial charge >= 0.3 is 0 Å². The molecule has 10 heavy (non-hydrogen) atoms. The van der Waals surface area contributed by atoms with Crippen molar-refractivity contribution in [3.63, 3.8) is 0 Å². The van der Waals surface area contributed by atoms with Crippen LogP contribution in [0.3, 0.4) is 0 Å². The Morgan fingerprint density at radius 3 is 3.00 bits per heavy atom. The van der Waals surface area contributed by atoms with E-state index >= 15 is 0 Å². The van der Waals surface area contributed by atoms with E-state index in [1.807, 2.05) is 11.8 Å². The Morgan fingerprint density at radius 1 is 1.70 bits per heavy atom. The molecule has 56 valence electrons. The third kappa shape index (κ3) is 1.89. The number of nitrogens with zero attached hydrogens (tertiary/aromatic N) is 1. The minimum Gasteiger partial charge on any atom is -0.316 e. The lowest BCUT2D eigenvalue weighted by atomic mass is 9.98. The highest BCUT2D eigenvalue weighted by Crippen LogP contribution is 2.23. The second-order valence-corrected chi connectivity index (χ2v) is 3.78. The van der Waals surface area contributed by atoms with E-state index in [2.05, 4.69) is 6.07 Å². The van der Waals surface area contributed by atoms with Gasteiger partial charge in [-0.3, -0.25) is 0 Å². The summed E-state index contributed by atoms with van der Waals surface area (Å²) >= 11 is 1.92. The molecule has 0 saturated carbocycles. The third-order valence-electron chi connectivity index (χ3n) is 1.85. The molecule has 0 radical (unpaired) electrons. The van der Waals surface area contributed by atoms with Gasteiger partial charge in [-0.2, -0.15) is 17.0 Å². The lowest BCUT2D eigenvalue weighted by Gasteiger charge is -2.22. The Morgan fingerprint density at radius 2 is 2.50 bits per heavy atom. The van der Waals surface area contributed by atoms with Gasteiger partial charge in [-0.1, -0.05) is 0 Å². The molecule has 0 aliphatic carbocycles. The summed E-state index contributed by atoms with van der Waals surface area (Å²) in [5.74, 6) is 2.77. The summed E-state index contributed by atoms with van der Waals surface area (Å²) in [7, 11) is 0. The van der Waals surface area contributed by atoms with E-state index in [-0.39, 0.29) is 6.04 Å². The molecule has 0 bridgehead atoms. The van der Waals surface area contributed by atoms with E-state index in [9.17, 15) is 0 Å². The van der Waals surface area contributed by atoms with Crippen molar-refractivity contribution >= 4 is 11.8 Å². The molecule has 2 unspecified atom stereocenters. The normalized spacial score (nSPS) is 29.0. The number of nitrogens with two attached hydrogens (primary N) is 1. The van der Waals surface area contributed by atoms with Crippen molar-refractivity contribution in [1.29, 1.82) is 5.26 Å². The molecular weight excluding hydrogens is 144 g/mol. The molecule has 2 atom stereocenters. The molecule has 0 aromatic rings. The van der Waals surface area contributed by atoms with Crippen molar-refractivity contribution in [2.24, 2.45) is 11.7 Å². The van der Waals surface area contributed by atoms with Crippen LogP contribution in [-0.2, 0) is 0 Å². The molecule has 2 N–H and O–H groups in total. The molecule has 1 saturated heterocycles. The van der Waals surface area contributed by atoms with E-state index in [1.54, 1.807) is 0 Å². The second kappa shape index (κ2) is 3.85. The summed E-state index contributed by atoms with van der Waals surface area (Å²) in [4.78, 5) is 0. The van der Waals surface area contributed by atoms with Gasteiger partial charge in [0.05, 0.1) is 12.1 Å². The molecule has 0 spiro atoms. The molecule has 1 rings (SSSR count). The minimum atomic E-state index is -0.229. The van der Waals surface area contributed by atoms with Crippen LogP contribution >= 0.6 is 11.8 Å². The van der Waals surface area contributed by atoms with Crippen molar-refractivity contribution in [2.75, 3.05) is 11.5 Å². The Bertz CT molecular complexity index is 135. The second-order valence-electron chi connectivity index (χ2n) is 2.63. The molecular formula is C7H12N2S. The highest BCUT2D eigenvalue weighted by atomic mass is 32.2. The topological polar surface area (TPSA) is 49.8 Å². The van der Waals surface area contributed by atoms with Crippen molar-refractivity contribution < 1.29 is 0 Å². The van der Waals surface area contributed by atoms with Crippen LogP contribution in [0.15, 0.2) is 0 Å². The van der Waals surface area contributed by atoms with Crippen LogP contribution in [0.4, 0.5) is 0 Å². The van der Waals surface area contributed by atoms with Crippen LogP contribution in [0.1, 0.15) is 12.8 Å². The average Bonchev–Trinajstić information content (AvgIpc) is 2.05. The number of thioether (sulfide) groups is 1. The Labute approximate surface area is 65.8 Å². The standard InChI is InChI=1S/C7H12N2S/c8-4-7(9)6-2-1-3-10-5-6/h6-7H,1-3,5,9H2. The maximum absolute atomic E-state index is 8.50. The third-order valence-corrected chi connectivity index (χ3v) is 3.09. The monoisotopic (exact) mass is 156 g/mol. The van der Waals surface area contributed by atoms with E-state index in [0.29, 0.717) is 5.92 Å². The first kappa shape index (κ1) is 7.90. The molecule has 0 aromatic carbocycles. The molecule has 1 aliphatic rings. The van der Waals surface area contributed by atoms with Gasteiger partial charge in [-0.25, -0.2) is 0 Å². The van der Waals surface area contributed by atoms with Gasteiger partial charge in [-0.05, 0) is 30.3 Å². The minimum absolute atomic E-state index is 0.229. The Kier molecular flexibility index (Phi) is 3.04. The number of hydrogen-bond acceptors (Lipinski definition) is 3. The number of hydrogen-bond donors (Lipinski definition) is 1. The fourth-order valence-corrected chi connectivity index (χ4v) is 2.37. The van der Waals surface area contributed by atoms with Gasteiger partial charge in [-0.15, -0.1) is 0 Å². The van der Waals surface area contributed by atoms with Gasteiger partial charge in [0.1, 0.15) is 0 Å². The lowest BCUT2D eigenvalue weighted by Crippen LogP contribution is -2.31. The summed E-state index contributed by atoms with van der Waals surface area (Å²) < 4.78 is 0. The first-order valence-electron chi connectivity index (χ1n) is 3.57. The van der Waals surface area contributed by atoms with Crippen LogP contribution < -0.4 is 5.73 Å². The van der Waals surface area contributed by atoms with Crippen LogP contribution in [0, 0.1) is 17.2 Å². The maximum atomic E-state index is 8.50. The summed E-state index contributed by atoms with van der Waals surface area (Å²) in [6, 6.07) is 1.87. The molecule has 0 amide bonds. The summed E-state index contributed by atoms with van der Waals surface area (Å²) in [6.07, 6.45) is 2.37. The van der Waals surface area contributed by atoms with Crippen molar-refractivity contribution in [2.45, 2.75) is 18.9 Å². The predicted molar refractivity (Wildman–Crippen MR) is 43.6 cm³/mol. The summed E-state index contributed by atoms with van der Waals surface area (Å²) in [5.41, 5.74) is 5.57. The summed E-state index contributed by atoms with van der Waals surface area (Å²) in [5, 5.41) is 8.50. The highest BCUT2D eigenvalue weighted by molar-refractivity contribution is 7.99. The van der Waals surface area contributed by atoms with Gasteiger partial charge in [0, 0.05) is 0 Å². The van der Waals surface area contributed by atoms with E-state index in [1.165, 1.54) is 12.2 Å². The molecule has 3 heteroatoms. The van der Waals surface area contributed by atoms with Crippen LogP contribution in [0.2, 0.25) is 0 Å². The maximum Gasteiger partial charge on any atom is 0.0964 e. The molecule has 1 aliphatic heterocycles. The quantitative estimate of drug-likeness (QED) is 0.615. The predicted octanol–water partition coefficient (Wildman–Crippen LogP) is 0.980. The molecule has 0 aromatic heterocycles. The smallest absolute Gasteiger partial charge is 0.0964 e. The van der Waals surface area contributed by atoms with Crippen LogP contribution in [-0.4, -0.2) is 17.5 Å². The Hall–Kier alpha value is -0.200. The fraction of sp³-hybridized carbons (Fsp3) is 0.857. The van der Waals surface area contributed by atoms with Crippen molar-refractivity contribution in [3.8, 4) is 6.07 Å². The van der Waals surface area contributed by atoms with Gasteiger partial charge in [0.15, 0.2) is 0 Å². The molecule has 1 heterocycles. The number of rotatable bonds is 1. The summed E-state index contributed by atoms with van der Waals surface area (Å²) in [6.45, 7) is 0. The highest BCUT2D eigenvalue weighted by Gasteiger charge is 2.19. The molecule has 2 nitrogen and oxygen atoms in total. The SMILES string of the molecule is N#CC(N)C1CCCSC1. The average molecular weight is 156 g/mol. The number of nitriles is 1. The Balaban J connectivity index is 2.33. The van der Waals surface area contributed by atoms with E-state index in [4.69, 9.17) is 11.0 Å². The van der Waals surface area contributed by atoms with Gasteiger partial charge in [0.25, 0.3) is 0 Å². The zero-order chi connectivity index (χ0) is 7.40. The zero-order valence-electron chi connectivity index (χ0n) is 5.92. The van der Waals surface area contributed by atoms with E-state index < -0.39 is 0 Å². The largest absolute Gasteiger partial charge is 0.316 e. The van der Waals surface area contributed by atoms with Crippen LogP contribution in [0.25, 0.3) is 0 Å². The van der Waals surface area contributed by atoms with Crippen molar-refractivity contribution in [3.05, 3.63) is 0 Å². The van der Waals surface area contributed by atoms with Gasteiger partial charge < -0.3 is 5.73 Å². The first-order valence-corrected chi connectivity index (χ1v) is 4.73. The van der Waals surface area contributed by atoms with Gasteiger partial charge in [0.2, 0.25) is 0 Å². The first-order chi connectivity index (χ1) is 4.84.